The van der Waals surface area contributed by atoms with Crippen molar-refractivity contribution in [1.82, 2.24) is 15.5 Å². The Morgan fingerprint density at radius 3 is 2.94 bits per heavy atom. The van der Waals surface area contributed by atoms with Crippen molar-refractivity contribution in [3.63, 3.8) is 0 Å². The van der Waals surface area contributed by atoms with E-state index >= 15 is 0 Å². The van der Waals surface area contributed by atoms with Crippen LogP contribution in [0.3, 0.4) is 0 Å². The molecule has 2 aliphatic heterocycles. The summed E-state index contributed by atoms with van der Waals surface area (Å²) < 4.78 is 0. The van der Waals surface area contributed by atoms with Crippen LogP contribution in [0.2, 0.25) is 0 Å². The van der Waals surface area contributed by atoms with Crippen LogP contribution in [0, 0.1) is 5.92 Å². The van der Waals surface area contributed by atoms with E-state index in [-0.39, 0.29) is 23.7 Å². The highest BCUT2D eigenvalue weighted by Crippen LogP contribution is 2.25. The zero-order valence-electron chi connectivity index (χ0n) is 9.95. The minimum Gasteiger partial charge on any atom is -0.353 e. The average molecular weight is 274 g/mol. The molecule has 2 unspecified atom stereocenters. The third-order valence-electron chi connectivity index (χ3n) is 3.48. The second-order valence-corrected chi connectivity index (χ2v) is 4.96. The number of carbonyl (C=O) groups is 3. The Morgan fingerprint density at radius 2 is 2.22 bits per heavy atom. The summed E-state index contributed by atoms with van der Waals surface area (Å²) in [5, 5.41) is 5.18. The van der Waals surface area contributed by atoms with E-state index in [1.807, 2.05) is 0 Å². The molecule has 18 heavy (non-hydrogen) atoms. The summed E-state index contributed by atoms with van der Waals surface area (Å²) >= 11 is 5.33. The van der Waals surface area contributed by atoms with Gasteiger partial charge in [-0.1, -0.05) is 0 Å². The molecule has 2 N–H and O–H groups in total. The number of halogens is 1. The molecule has 2 saturated heterocycles. The molecule has 0 bridgehead atoms. The van der Waals surface area contributed by atoms with Gasteiger partial charge in [0.05, 0.1) is 0 Å². The molecule has 6 nitrogen and oxygen atoms in total. The van der Waals surface area contributed by atoms with Crippen molar-refractivity contribution in [2.24, 2.45) is 5.92 Å². The number of rotatable bonds is 1. The lowest BCUT2D eigenvalue weighted by atomic mass is 9.85. The van der Waals surface area contributed by atoms with E-state index < -0.39 is 11.9 Å². The molecule has 4 amide bonds. The average Bonchev–Trinajstić information content (AvgIpc) is 2.37. The minimum absolute atomic E-state index is 0.0893. The van der Waals surface area contributed by atoms with E-state index in [0.717, 1.165) is 12.8 Å². The molecule has 100 valence electrons. The van der Waals surface area contributed by atoms with Crippen LogP contribution in [0.4, 0.5) is 4.79 Å². The largest absolute Gasteiger partial charge is 0.353 e. The van der Waals surface area contributed by atoms with E-state index in [1.54, 1.807) is 4.90 Å². The van der Waals surface area contributed by atoms with Crippen LogP contribution in [-0.2, 0) is 9.59 Å². The maximum Gasteiger partial charge on any atom is 0.324 e. The summed E-state index contributed by atoms with van der Waals surface area (Å²) in [4.78, 5) is 35.7. The van der Waals surface area contributed by atoms with E-state index in [0.29, 0.717) is 19.5 Å². The fourth-order valence-electron chi connectivity index (χ4n) is 2.53. The van der Waals surface area contributed by atoms with Gasteiger partial charge in [0.2, 0.25) is 11.8 Å². The molecule has 0 aromatic rings. The van der Waals surface area contributed by atoms with Crippen LogP contribution < -0.4 is 10.6 Å². The lowest BCUT2D eigenvalue weighted by Crippen LogP contribution is -2.57. The fraction of sp³-hybridized carbons (Fsp3) is 0.727. The number of nitrogens with one attached hydrogen (secondary N) is 2. The molecule has 2 aliphatic rings. The Labute approximate surface area is 110 Å². The molecule has 2 heterocycles. The summed E-state index contributed by atoms with van der Waals surface area (Å²) in [7, 11) is 0. The molecule has 0 aromatic carbocycles. The summed E-state index contributed by atoms with van der Waals surface area (Å²) in [5.41, 5.74) is 0. The van der Waals surface area contributed by atoms with Crippen LogP contribution in [-0.4, -0.2) is 47.8 Å². The Bertz CT molecular complexity index is 375. The fourth-order valence-corrected chi connectivity index (χ4v) is 2.59. The molecule has 2 atom stereocenters. The number of imide groups is 1. The second kappa shape index (κ2) is 5.56. The van der Waals surface area contributed by atoms with E-state index in [2.05, 4.69) is 10.6 Å². The van der Waals surface area contributed by atoms with Gasteiger partial charge in [-0.15, -0.1) is 11.6 Å². The smallest absolute Gasteiger partial charge is 0.324 e. The molecule has 0 radical (unpaired) electrons. The number of nitrogens with zero attached hydrogens (tertiary/aromatic N) is 1. The van der Waals surface area contributed by atoms with Gasteiger partial charge in [0, 0.05) is 25.6 Å². The van der Waals surface area contributed by atoms with Crippen LogP contribution in [0.5, 0.6) is 0 Å². The Balaban J connectivity index is 1.88. The van der Waals surface area contributed by atoms with Crippen molar-refractivity contribution in [3.8, 4) is 0 Å². The SMILES string of the molecule is O=C(CCl)NC(=O)N1CCC2NC(=O)CCC2C1. The topological polar surface area (TPSA) is 78.5 Å². The minimum atomic E-state index is -0.485. The Kier molecular flexibility index (Phi) is 4.06. The van der Waals surface area contributed by atoms with E-state index in [1.165, 1.54) is 0 Å². The number of hydrogen-bond acceptors (Lipinski definition) is 3. The van der Waals surface area contributed by atoms with Crippen molar-refractivity contribution >= 4 is 29.4 Å². The second-order valence-electron chi connectivity index (χ2n) is 4.69. The number of amides is 4. The van der Waals surface area contributed by atoms with Gasteiger partial charge < -0.3 is 10.2 Å². The first-order valence-corrected chi connectivity index (χ1v) is 6.57. The third-order valence-corrected chi connectivity index (χ3v) is 3.72. The van der Waals surface area contributed by atoms with Crippen molar-refractivity contribution in [2.75, 3.05) is 19.0 Å². The zero-order valence-corrected chi connectivity index (χ0v) is 10.7. The highest BCUT2D eigenvalue weighted by Gasteiger charge is 2.35. The van der Waals surface area contributed by atoms with Crippen molar-refractivity contribution in [3.05, 3.63) is 0 Å². The van der Waals surface area contributed by atoms with Gasteiger partial charge in [0.25, 0.3) is 0 Å². The van der Waals surface area contributed by atoms with Crippen molar-refractivity contribution in [2.45, 2.75) is 25.3 Å². The van der Waals surface area contributed by atoms with Gasteiger partial charge >= 0.3 is 6.03 Å². The summed E-state index contributed by atoms with van der Waals surface area (Å²) in [6.07, 6.45) is 2.04. The molecule has 7 heteroatoms. The summed E-state index contributed by atoms with van der Waals surface area (Å²) in [5.74, 6) is -0.331. The first kappa shape index (κ1) is 13.1. The number of hydrogen-bond donors (Lipinski definition) is 2. The lowest BCUT2D eigenvalue weighted by Gasteiger charge is -2.41. The number of likely N-dealkylation sites (tertiary alicyclic amines) is 1. The van der Waals surface area contributed by atoms with Gasteiger partial charge in [0.1, 0.15) is 5.88 Å². The maximum atomic E-state index is 11.8. The normalized spacial score (nSPS) is 27.2. The number of piperidine rings is 2. The third kappa shape index (κ3) is 2.93. The van der Waals surface area contributed by atoms with Gasteiger partial charge in [0.15, 0.2) is 0 Å². The van der Waals surface area contributed by atoms with Gasteiger partial charge in [-0.05, 0) is 18.8 Å². The van der Waals surface area contributed by atoms with E-state index in [4.69, 9.17) is 11.6 Å². The first-order valence-electron chi connectivity index (χ1n) is 6.04. The van der Waals surface area contributed by atoms with E-state index in [9.17, 15) is 14.4 Å². The van der Waals surface area contributed by atoms with Gasteiger partial charge in [-0.3, -0.25) is 14.9 Å². The monoisotopic (exact) mass is 273 g/mol. The van der Waals surface area contributed by atoms with Crippen LogP contribution >= 0.6 is 11.6 Å². The molecule has 2 rings (SSSR count). The number of carbonyl (C=O) groups excluding carboxylic acids is 3. The standard InChI is InChI=1S/C11H16ClN3O3/c12-5-10(17)14-11(18)15-4-3-8-7(6-15)1-2-9(16)13-8/h7-8H,1-6H2,(H,13,16)(H,14,17,18). The molecule has 0 spiro atoms. The van der Waals surface area contributed by atoms with Crippen LogP contribution in [0.15, 0.2) is 0 Å². The zero-order chi connectivity index (χ0) is 13.1. The number of urea groups is 1. The predicted octanol–water partition coefficient (Wildman–Crippen LogP) is 0.0619. The molecular weight excluding hydrogens is 258 g/mol. The van der Waals surface area contributed by atoms with Gasteiger partial charge in [-0.2, -0.15) is 0 Å². The quantitative estimate of drug-likeness (QED) is 0.663. The highest BCUT2D eigenvalue weighted by atomic mass is 35.5. The predicted molar refractivity (Wildman–Crippen MR) is 65.1 cm³/mol. The van der Waals surface area contributed by atoms with Crippen LogP contribution in [0.25, 0.3) is 0 Å². The maximum absolute atomic E-state index is 11.8. The number of alkyl halides is 1. The number of fused-ring (bicyclic) bond motifs is 1. The Morgan fingerprint density at radius 1 is 1.44 bits per heavy atom. The highest BCUT2D eigenvalue weighted by molar-refractivity contribution is 6.28. The van der Waals surface area contributed by atoms with Crippen molar-refractivity contribution in [1.29, 1.82) is 0 Å². The summed E-state index contributed by atoms with van der Waals surface area (Å²) in [6.45, 7) is 1.12. The molecule has 2 fully saturated rings. The summed E-state index contributed by atoms with van der Waals surface area (Å²) in [6, 6.07) is -0.227. The van der Waals surface area contributed by atoms with Gasteiger partial charge in [-0.25, -0.2) is 4.79 Å². The lowest BCUT2D eigenvalue weighted by molar-refractivity contribution is -0.125. The van der Waals surface area contributed by atoms with Crippen molar-refractivity contribution < 1.29 is 14.4 Å². The molecular formula is C11H16ClN3O3. The Hall–Kier alpha value is -1.30. The first-order chi connectivity index (χ1) is 8.60. The molecule has 0 aromatic heterocycles. The molecule has 0 aliphatic carbocycles. The molecule has 0 saturated carbocycles. The van der Waals surface area contributed by atoms with Crippen LogP contribution in [0.1, 0.15) is 19.3 Å².